The summed E-state index contributed by atoms with van der Waals surface area (Å²) in [4.78, 5) is 0.399. The van der Waals surface area contributed by atoms with Crippen molar-refractivity contribution in [3.05, 3.63) is 65.2 Å². The van der Waals surface area contributed by atoms with Crippen molar-refractivity contribution in [3.63, 3.8) is 0 Å². The zero-order valence-electron chi connectivity index (χ0n) is 16.2. The molecule has 1 saturated heterocycles. The predicted octanol–water partition coefficient (Wildman–Crippen LogP) is 4.86. The number of nitrogens with zero attached hydrogens (tertiary/aromatic N) is 1. The molecule has 0 aromatic heterocycles. The molecule has 0 spiro atoms. The van der Waals surface area contributed by atoms with E-state index in [1.54, 1.807) is 16.4 Å². The Morgan fingerprint density at radius 3 is 1.92 bits per heavy atom. The maximum atomic E-state index is 12.8. The molecular formula is C22H29NO2S. The molecule has 26 heavy (non-hydrogen) atoms. The highest BCUT2D eigenvalue weighted by Gasteiger charge is 2.30. The average Bonchev–Trinajstić information content (AvgIpc) is 2.62. The van der Waals surface area contributed by atoms with E-state index in [1.807, 2.05) is 19.1 Å². The molecule has 0 amide bonds. The van der Waals surface area contributed by atoms with Gasteiger partial charge >= 0.3 is 0 Å². The maximum Gasteiger partial charge on any atom is 0.243 e. The van der Waals surface area contributed by atoms with Crippen molar-refractivity contribution in [2.75, 3.05) is 13.1 Å². The number of rotatable bonds is 3. The quantitative estimate of drug-likeness (QED) is 0.772. The Bertz CT molecular complexity index is 839. The van der Waals surface area contributed by atoms with Crippen molar-refractivity contribution < 1.29 is 8.42 Å². The molecule has 1 heterocycles. The SMILES string of the molecule is Cc1ccc(S(=O)(=O)N2CCC(c3ccc(C(C)(C)C)cc3)CC2)cc1. The van der Waals surface area contributed by atoms with E-state index in [0.717, 1.165) is 18.4 Å². The zero-order chi connectivity index (χ0) is 18.9. The lowest BCUT2D eigenvalue weighted by Gasteiger charge is -2.31. The number of benzene rings is 2. The third kappa shape index (κ3) is 4.02. The van der Waals surface area contributed by atoms with Crippen LogP contribution in [0.5, 0.6) is 0 Å². The lowest BCUT2D eigenvalue weighted by atomic mass is 9.84. The molecular weight excluding hydrogens is 342 g/mol. The molecule has 3 nitrogen and oxygen atoms in total. The third-order valence-corrected chi connectivity index (χ3v) is 7.27. The summed E-state index contributed by atoms with van der Waals surface area (Å²) >= 11 is 0. The molecule has 0 radical (unpaired) electrons. The van der Waals surface area contributed by atoms with Crippen LogP contribution in [-0.4, -0.2) is 25.8 Å². The second-order valence-electron chi connectivity index (χ2n) is 8.36. The van der Waals surface area contributed by atoms with E-state index >= 15 is 0 Å². The average molecular weight is 372 g/mol. The van der Waals surface area contributed by atoms with E-state index in [4.69, 9.17) is 0 Å². The molecule has 1 aliphatic rings. The molecule has 1 aliphatic heterocycles. The smallest absolute Gasteiger partial charge is 0.207 e. The molecule has 0 N–H and O–H groups in total. The van der Waals surface area contributed by atoms with Gasteiger partial charge in [-0.25, -0.2) is 8.42 Å². The summed E-state index contributed by atoms with van der Waals surface area (Å²) in [5.74, 6) is 0.438. The summed E-state index contributed by atoms with van der Waals surface area (Å²) in [6, 6.07) is 16.0. The first-order valence-electron chi connectivity index (χ1n) is 9.35. The fourth-order valence-electron chi connectivity index (χ4n) is 3.54. The fraction of sp³-hybridized carbons (Fsp3) is 0.455. The van der Waals surface area contributed by atoms with Gasteiger partial charge < -0.3 is 0 Å². The van der Waals surface area contributed by atoms with Gasteiger partial charge in [-0.05, 0) is 54.4 Å². The van der Waals surface area contributed by atoms with Gasteiger partial charge in [0.15, 0.2) is 0 Å². The van der Waals surface area contributed by atoms with Crippen molar-refractivity contribution in [3.8, 4) is 0 Å². The van der Waals surface area contributed by atoms with E-state index in [1.165, 1.54) is 11.1 Å². The lowest BCUT2D eigenvalue weighted by Crippen LogP contribution is -2.37. The molecule has 140 valence electrons. The van der Waals surface area contributed by atoms with Crippen LogP contribution >= 0.6 is 0 Å². The van der Waals surface area contributed by atoms with E-state index in [2.05, 4.69) is 45.0 Å². The zero-order valence-corrected chi connectivity index (χ0v) is 17.0. The van der Waals surface area contributed by atoms with Crippen LogP contribution in [-0.2, 0) is 15.4 Å². The van der Waals surface area contributed by atoms with Crippen LogP contribution < -0.4 is 0 Å². The first-order valence-corrected chi connectivity index (χ1v) is 10.8. The largest absolute Gasteiger partial charge is 0.243 e. The minimum absolute atomic E-state index is 0.157. The summed E-state index contributed by atoms with van der Waals surface area (Å²) in [6.45, 7) is 9.79. The van der Waals surface area contributed by atoms with Crippen molar-refractivity contribution in [1.82, 2.24) is 4.31 Å². The van der Waals surface area contributed by atoms with Crippen molar-refractivity contribution in [2.45, 2.75) is 56.8 Å². The highest BCUT2D eigenvalue weighted by molar-refractivity contribution is 7.89. The van der Waals surface area contributed by atoms with Crippen LogP contribution in [0.3, 0.4) is 0 Å². The number of hydrogen-bond donors (Lipinski definition) is 0. The van der Waals surface area contributed by atoms with Crippen LogP contribution in [0.2, 0.25) is 0 Å². The number of piperidine rings is 1. The molecule has 3 rings (SSSR count). The summed E-state index contributed by atoms with van der Waals surface area (Å²) in [6.07, 6.45) is 1.75. The monoisotopic (exact) mass is 371 g/mol. The van der Waals surface area contributed by atoms with E-state index < -0.39 is 10.0 Å². The number of hydrogen-bond acceptors (Lipinski definition) is 2. The van der Waals surface area contributed by atoms with Gasteiger partial charge in [0.25, 0.3) is 0 Å². The van der Waals surface area contributed by atoms with Gasteiger partial charge in [0.05, 0.1) is 4.90 Å². The maximum absolute atomic E-state index is 12.8. The van der Waals surface area contributed by atoms with Crippen LogP contribution in [0.4, 0.5) is 0 Å². The molecule has 0 bridgehead atoms. The summed E-state index contributed by atoms with van der Waals surface area (Å²) in [5, 5.41) is 0. The van der Waals surface area contributed by atoms with Crippen LogP contribution in [0.1, 0.15) is 56.2 Å². The van der Waals surface area contributed by atoms with Gasteiger partial charge in [0.2, 0.25) is 10.0 Å². The summed E-state index contributed by atoms with van der Waals surface area (Å²) in [7, 11) is -3.38. The summed E-state index contributed by atoms with van der Waals surface area (Å²) < 4.78 is 27.3. The molecule has 2 aromatic rings. The summed E-state index contributed by atoms with van der Waals surface area (Å²) in [5.41, 5.74) is 3.89. The van der Waals surface area contributed by atoms with Crippen LogP contribution in [0, 0.1) is 6.92 Å². The highest BCUT2D eigenvalue weighted by atomic mass is 32.2. The topological polar surface area (TPSA) is 37.4 Å². The van der Waals surface area contributed by atoms with Gasteiger partial charge in [-0.1, -0.05) is 62.7 Å². The molecule has 0 aliphatic carbocycles. The van der Waals surface area contributed by atoms with Crippen molar-refractivity contribution in [1.29, 1.82) is 0 Å². The van der Waals surface area contributed by atoms with Crippen molar-refractivity contribution in [2.24, 2.45) is 0 Å². The molecule has 4 heteroatoms. The predicted molar refractivity (Wildman–Crippen MR) is 107 cm³/mol. The van der Waals surface area contributed by atoms with E-state index in [-0.39, 0.29) is 5.41 Å². The Balaban J connectivity index is 1.68. The molecule has 2 aromatic carbocycles. The van der Waals surface area contributed by atoms with Gasteiger partial charge in [-0.3, -0.25) is 0 Å². The third-order valence-electron chi connectivity index (χ3n) is 5.36. The second kappa shape index (κ2) is 7.16. The first-order chi connectivity index (χ1) is 12.2. The first kappa shape index (κ1) is 19.1. The van der Waals surface area contributed by atoms with Crippen LogP contribution in [0.25, 0.3) is 0 Å². The van der Waals surface area contributed by atoms with Gasteiger partial charge in [-0.15, -0.1) is 0 Å². The fourth-order valence-corrected chi connectivity index (χ4v) is 5.01. The van der Waals surface area contributed by atoms with Gasteiger partial charge in [0.1, 0.15) is 0 Å². The Morgan fingerprint density at radius 2 is 1.42 bits per heavy atom. The Morgan fingerprint density at radius 1 is 0.885 bits per heavy atom. The van der Waals surface area contributed by atoms with Gasteiger partial charge in [-0.2, -0.15) is 4.31 Å². The molecule has 0 atom stereocenters. The lowest BCUT2D eigenvalue weighted by molar-refractivity contribution is 0.319. The molecule has 1 fully saturated rings. The van der Waals surface area contributed by atoms with Crippen molar-refractivity contribution >= 4 is 10.0 Å². The molecule has 0 saturated carbocycles. The highest BCUT2D eigenvalue weighted by Crippen LogP contribution is 2.32. The van der Waals surface area contributed by atoms with Gasteiger partial charge in [0, 0.05) is 13.1 Å². The molecule has 0 unspecified atom stereocenters. The Labute approximate surface area is 158 Å². The standard InChI is InChI=1S/C22H29NO2S/c1-17-5-11-21(12-6-17)26(24,25)23-15-13-19(14-16-23)18-7-9-20(10-8-18)22(2,3)4/h5-12,19H,13-16H2,1-4H3. The normalized spacial score (nSPS) is 17.4. The minimum Gasteiger partial charge on any atom is -0.207 e. The number of sulfonamides is 1. The Kier molecular flexibility index (Phi) is 5.27. The van der Waals surface area contributed by atoms with E-state index in [9.17, 15) is 8.42 Å². The Hall–Kier alpha value is -1.65. The minimum atomic E-state index is -3.38. The number of aryl methyl sites for hydroxylation is 1. The van der Waals surface area contributed by atoms with E-state index in [0.29, 0.717) is 23.9 Å². The van der Waals surface area contributed by atoms with Crippen LogP contribution in [0.15, 0.2) is 53.4 Å². The second-order valence-corrected chi connectivity index (χ2v) is 10.3.